The SMILES string of the molecule is CN1CCC[C@H]1COc1nc(N2C[C@H]3CC[C@@H](C2)N3)c2cc(F)c(-c3c[nH]c4cc(C#N)ccc34)c(F)c2n1. The van der Waals surface area contributed by atoms with E-state index in [1.54, 1.807) is 24.4 Å². The number of likely N-dealkylation sites (N-methyl/N-ethyl adjacent to an activating group) is 1. The molecule has 3 atom stereocenters. The number of rotatable bonds is 5. The quantitative estimate of drug-likeness (QED) is 0.397. The summed E-state index contributed by atoms with van der Waals surface area (Å²) in [5, 5.41) is 13.8. The highest BCUT2D eigenvalue weighted by Gasteiger charge is 2.34. The van der Waals surface area contributed by atoms with Gasteiger partial charge >= 0.3 is 6.01 Å². The summed E-state index contributed by atoms with van der Waals surface area (Å²) >= 11 is 0. The molecule has 5 heterocycles. The van der Waals surface area contributed by atoms with Crippen LogP contribution < -0.4 is 15.0 Å². The molecule has 2 N–H and O–H groups in total. The number of nitrogens with zero attached hydrogens (tertiary/aromatic N) is 5. The van der Waals surface area contributed by atoms with Crippen molar-refractivity contribution in [2.24, 2.45) is 0 Å². The van der Waals surface area contributed by atoms with Crippen LogP contribution in [0, 0.1) is 23.0 Å². The van der Waals surface area contributed by atoms with Gasteiger partial charge in [-0.1, -0.05) is 6.07 Å². The molecule has 3 aliphatic heterocycles. The number of aromatic nitrogens is 3. The Morgan fingerprint density at radius 3 is 2.67 bits per heavy atom. The summed E-state index contributed by atoms with van der Waals surface area (Å²) in [5.41, 5.74) is 1.35. The van der Waals surface area contributed by atoms with Crippen molar-refractivity contribution in [2.45, 2.75) is 43.8 Å². The van der Waals surface area contributed by atoms with Crippen LogP contribution >= 0.6 is 0 Å². The van der Waals surface area contributed by atoms with Crippen LogP contribution in [-0.2, 0) is 0 Å². The van der Waals surface area contributed by atoms with Crippen LogP contribution in [0.15, 0.2) is 30.5 Å². The van der Waals surface area contributed by atoms with E-state index in [0.29, 0.717) is 65.0 Å². The molecule has 2 aromatic heterocycles. The largest absolute Gasteiger partial charge is 0.462 e. The molecule has 2 bridgehead atoms. The smallest absolute Gasteiger partial charge is 0.319 e. The normalized spacial score (nSPS) is 23.1. The summed E-state index contributed by atoms with van der Waals surface area (Å²) in [7, 11) is 2.07. The van der Waals surface area contributed by atoms with Crippen LogP contribution in [0.5, 0.6) is 6.01 Å². The number of nitrogens with one attached hydrogen (secondary N) is 2. The minimum atomic E-state index is -0.750. The number of H-pyrrole nitrogens is 1. The van der Waals surface area contributed by atoms with Gasteiger partial charge in [0.05, 0.1) is 17.2 Å². The van der Waals surface area contributed by atoms with Crippen LogP contribution in [0.1, 0.15) is 31.2 Å². The minimum absolute atomic E-state index is 0.0417. The lowest BCUT2D eigenvalue weighted by Gasteiger charge is -2.34. The summed E-state index contributed by atoms with van der Waals surface area (Å²) in [6, 6.07) is 9.46. The zero-order chi connectivity index (χ0) is 26.7. The van der Waals surface area contributed by atoms with Crippen LogP contribution in [0.2, 0.25) is 0 Å². The van der Waals surface area contributed by atoms with Gasteiger partial charge in [0, 0.05) is 59.3 Å². The van der Waals surface area contributed by atoms with Crippen molar-refractivity contribution < 1.29 is 13.5 Å². The van der Waals surface area contributed by atoms with Gasteiger partial charge in [-0.15, -0.1) is 0 Å². The minimum Gasteiger partial charge on any atom is -0.462 e. The van der Waals surface area contributed by atoms with Gasteiger partial charge in [0.1, 0.15) is 23.8 Å². The Kier molecular flexibility index (Phi) is 5.86. The van der Waals surface area contributed by atoms with Crippen LogP contribution in [0.3, 0.4) is 0 Å². The average Bonchev–Trinajstić information content (AvgIpc) is 3.65. The molecule has 0 spiro atoms. The van der Waals surface area contributed by atoms with E-state index in [-0.39, 0.29) is 23.1 Å². The van der Waals surface area contributed by atoms with E-state index in [4.69, 9.17) is 9.72 Å². The highest BCUT2D eigenvalue weighted by molar-refractivity contribution is 6.00. The molecule has 2 aromatic carbocycles. The Morgan fingerprint density at radius 1 is 1.10 bits per heavy atom. The van der Waals surface area contributed by atoms with Gasteiger partial charge in [-0.05, 0) is 57.5 Å². The molecular formula is C29H29F2N7O. The fourth-order valence-corrected chi connectivity index (χ4v) is 6.45. The third kappa shape index (κ3) is 4.17. The average molecular weight is 530 g/mol. The van der Waals surface area contributed by atoms with Gasteiger partial charge in [-0.2, -0.15) is 15.2 Å². The Balaban J connectivity index is 1.36. The molecule has 39 heavy (non-hydrogen) atoms. The van der Waals surface area contributed by atoms with Crippen molar-refractivity contribution in [1.29, 1.82) is 5.26 Å². The van der Waals surface area contributed by atoms with Crippen LogP contribution in [0.4, 0.5) is 14.6 Å². The van der Waals surface area contributed by atoms with Crippen LogP contribution in [-0.4, -0.2) is 71.3 Å². The van der Waals surface area contributed by atoms with Crippen molar-refractivity contribution in [3.8, 4) is 23.2 Å². The molecule has 0 saturated carbocycles. The molecule has 0 amide bonds. The fourth-order valence-electron chi connectivity index (χ4n) is 6.45. The number of anilines is 1. The molecule has 0 unspecified atom stereocenters. The number of nitriles is 1. The first-order chi connectivity index (χ1) is 19.0. The first kappa shape index (κ1) is 24.2. The van der Waals surface area contributed by atoms with Crippen molar-refractivity contribution in [2.75, 3.05) is 38.2 Å². The van der Waals surface area contributed by atoms with E-state index >= 15 is 8.78 Å². The van der Waals surface area contributed by atoms with E-state index in [0.717, 1.165) is 32.2 Å². The van der Waals surface area contributed by atoms with Gasteiger partial charge in [0.25, 0.3) is 0 Å². The number of halogens is 2. The molecule has 0 aliphatic carbocycles. The molecule has 4 aromatic rings. The molecule has 3 aliphatic rings. The predicted octanol–water partition coefficient (Wildman–Crippen LogP) is 4.34. The van der Waals surface area contributed by atoms with E-state index in [2.05, 4.69) is 38.2 Å². The number of benzene rings is 2. The number of ether oxygens (including phenoxy) is 1. The second-order valence-corrected chi connectivity index (χ2v) is 11.0. The third-order valence-electron chi connectivity index (χ3n) is 8.51. The maximum Gasteiger partial charge on any atom is 0.319 e. The lowest BCUT2D eigenvalue weighted by molar-refractivity contribution is 0.188. The Bertz CT molecular complexity index is 1620. The zero-order valence-electron chi connectivity index (χ0n) is 21.7. The maximum atomic E-state index is 16.4. The first-order valence-corrected chi connectivity index (χ1v) is 13.5. The maximum absolute atomic E-state index is 16.4. The second-order valence-electron chi connectivity index (χ2n) is 11.0. The predicted molar refractivity (Wildman–Crippen MR) is 145 cm³/mol. The van der Waals surface area contributed by atoms with Gasteiger partial charge in [0.2, 0.25) is 0 Å². The summed E-state index contributed by atoms with van der Waals surface area (Å²) in [6.07, 6.45) is 5.85. The topological polar surface area (TPSA) is 93.1 Å². The monoisotopic (exact) mass is 529 g/mol. The lowest BCUT2D eigenvalue weighted by atomic mass is 10.0. The first-order valence-electron chi connectivity index (χ1n) is 13.5. The van der Waals surface area contributed by atoms with E-state index in [1.165, 1.54) is 6.07 Å². The molecule has 7 rings (SSSR count). The number of aromatic amines is 1. The summed E-state index contributed by atoms with van der Waals surface area (Å²) in [4.78, 5) is 16.6. The highest BCUT2D eigenvalue weighted by Crippen LogP contribution is 2.39. The fraction of sp³-hybridized carbons (Fsp3) is 0.414. The molecule has 3 saturated heterocycles. The number of hydrogen-bond donors (Lipinski definition) is 2. The Labute approximate surface area is 224 Å². The number of piperazine rings is 1. The van der Waals surface area contributed by atoms with Crippen molar-refractivity contribution in [1.82, 2.24) is 25.2 Å². The summed E-state index contributed by atoms with van der Waals surface area (Å²) in [5.74, 6) is -0.926. The lowest BCUT2D eigenvalue weighted by Crippen LogP contribution is -2.51. The van der Waals surface area contributed by atoms with Gasteiger partial charge in [-0.25, -0.2) is 8.78 Å². The van der Waals surface area contributed by atoms with E-state index in [1.807, 2.05) is 0 Å². The standard InChI is InChI=1S/C29H29F2N7O/c1-37-8-2-3-19(37)15-39-29-35-27-21(28(36-29)38-13-17-5-6-18(14-38)34-17)10-23(30)25(26(27)31)22-12-33-24-9-16(11-32)4-7-20(22)24/h4,7,9-10,12,17-19,33-34H,2-3,5-6,8,13-15H2,1H3/t17-,18+,19-/m0/s1. The second kappa shape index (κ2) is 9.43. The van der Waals surface area contributed by atoms with Gasteiger partial charge in [-0.3, -0.25) is 0 Å². The Morgan fingerprint density at radius 2 is 1.92 bits per heavy atom. The Hall–Kier alpha value is -3.81. The highest BCUT2D eigenvalue weighted by atomic mass is 19.1. The molecule has 3 fully saturated rings. The molecule has 200 valence electrons. The van der Waals surface area contributed by atoms with Gasteiger partial charge < -0.3 is 24.8 Å². The van der Waals surface area contributed by atoms with Crippen molar-refractivity contribution in [3.05, 3.63) is 47.7 Å². The number of likely N-dealkylation sites (tertiary alicyclic amines) is 1. The van der Waals surface area contributed by atoms with Crippen LogP contribution in [0.25, 0.3) is 32.9 Å². The number of fused-ring (bicyclic) bond motifs is 4. The van der Waals surface area contributed by atoms with E-state index < -0.39 is 11.6 Å². The summed E-state index contributed by atoms with van der Waals surface area (Å²) in [6.45, 7) is 2.84. The van der Waals surface area contributed by atoms with Gasteiger partial charge in [0.15, 0.2) is 5.82 Å². The molecule has 0 radical (unpaired) electrons. The number of hydrogen-bond acceptors (Lipinski definition) is 7. The summed E-state index contributed by atoms with van der Waals surface area (Å²) < 4.78 is 38.2. The van der Waals surface area contributed by atoms with Crippen molar-refractivity contribution >= 4 is 27.6 Å². The molecular weight excluding hydrogens is 500 g/mol. The molecule has 10 heteroatoms. The van der Waals surface area contributed by atoms with E-state index in [9.17, 15) is 5.26 Å². The molecule has 8 nitrogen and oxygen atoms in total. The third-order valence-corrected chi connectivity index (χ3v) is 8.51. The zero-order valence-corrected chi connectivity index (χ0v) is 21.7. The van der Waals surface area contributed by atoms with Crippen molar-refractivity contribution in [3.63, 3.8) is 0 Å².